The van der Waals surface area contributed by atoms with Crippen molar-refractivity contribution < 1.29 is 73.8 Å². The fourth-order valence-corrected chi connectivity index (χ4v) is 2.97. The normalized spacial score (nSPS) is 30.8. The summed E-state index contributed by atoms with van der Waals surface area (Å²) in [7, 11) is -4.20. The van der Waals surface area contributed by atoms with Gasteiger partial charge in [-0.3, -0.25) is 0 Å². The summed E-state index contributed by atoms with van der Waals surface area (Å²) in [4.78, 5) is 0. The van der Waals surface area contributed by atoms with E-state index in [9.17, 15) is 13.0 Å². The fraction of sp³-hybridized carbons (Fsp3) is 1.00. The molecule has 5 nitrogen and oxygen atoms in total. The van der Waals surface area contributed by atoms with Crippen LogP contribution < -0.4 is 51.4 Å². The van der Waals surface area contributed by atoms with E-state index in [1.54, 1.807) is 13.8 Å². The van der Waals surface area contributed by atoms with Gasteiger partial charge < -0.3 is 14.0 Å². The van der Waals surface area contributed by atoms with Gasteiger partial charge in [-0.2, -0.15) is 0 Å². The summed E-state index contributed by atoms with van der Waals surface area (Å²) in [6.07, 6.45) is 0.909. The first-order chi connectivity index (χ1) is 6.74. The van der Waals surface area contributed by atoms with Gasteiger partial charge in [0, 0.05) is 0 Å². The van der Waals surface area contributed by atoms with E-state index in [1.807, 2.05) is 0 Å². The molecule has 1 aliphatic heterocycles. The van der Waals surface area contributed by atoms with Crippen molar-refractivity contribution in [2.45, 2.75) is 49.7 Å². The predicted octanol–water partition coefficient (Wildman–Crippen LogP) is -2.39. The maximum absolute atomic E-state index is 11.0. The Kier molecular flexibility index (Phi) is 4.72. The zero-order valence-electron chi connectivity index (χ0n) is 9.86. The largest absolute Gasteiger partial charge is 1.00 e. The van der Waals surface area contributed by atoms with Crippen LogP contribution in [0.1, 0.15) is 33.1 Å². The molecule has 1 atom stereocenters. The molecule has 2 fully saturated rings. The van der Waals surface area contributed by atoms with Gasteiger partial charge in [-0.15, -0.1) is 0 Å². The molecule has 16 heavy (non-hydrogen) atoms. The minimum Gasteiger partial charge on any atom is -0.748 e. The molecule has 1 heterocycles. The molecule has 0 radical (unpaired) electrons. The fourth-order valence-electron chi connectivity index (χ4n) is 1.97. The van der Waals surface area contributed by atoms with Crippen LogP contribution in [0.15, 0.2) is 0 Å². The van der Waals surface area contributed by atoms with Gasteiger partial charge in [-0.1, -0.05) is 0 Å². The summed E-state index contributed by atoms with van der Waals surface area (Å²) in [6.45, 7) is 3.92. The second kappa shape index (κ2) is 4.86. The van der Waals surface area contributed by atoms with Gasteiger partial charge in [0.2, 0.25) is 0 Å². The van der Waals surface area contributed by atoms with Crippen molar-refractivity contribution in [1.29, 1.82) is 0 Å². The zero-order valence-corrected chi connectivity index (χ0v) is 13.8. The van der Waals surface area contributed by atoms with Crippen molar-refractivity contribution in [1.82, 2.24) is 0 Å². The average molecular weight is 274 g/mol. The van der Waals surface area contributed by atoms with Crippen LogP contribution in [0.3, 0.4) is 0 Å². The molecule has 88 valence electrons. The second-order valence-corrected chi connectivity index (χ2v) is 6.57. The summed E-state index contributed by atoms with van der Waals surface area (Å²) in [5, 5.41) is 0. The van der Waals surface area contributed by atoms with E-state index in [0.717, 1.165) is 0 Å². The molecule has 0 amide bonds. The molecular weight excluding hydrogens is 259 g/mol. The van der Waals surface area contributed by atoms with Gasteiger partial charge in [0.15, 0.2) is 5.79 Å². The minimum absolute atomic E-state index is 0. The first-order valence-electron chi connectivity index (χ1n) is 5.01. The van der Waals surface area contributed by atoms with Crippen LogP contribution in [0.5, 0.6) is 0 Å². The quantitative estimate of drug-likeness (QED) is 0.424. The van der Waals surface area contributed by atoms with E-state index >= 15 is 0 Å². The Morgan fingerprint density at radius 2 is 1.94 bits per heavy atom. The van der Waals surface area contributed by atoms with Gasteiger partial charge in [-0.25, -0.2) is 8.42 Å². The van der Waals surface area contributed by atoms with Crippen molar-refractivity contribution in [3.8, 4) is 0 Å². The molecular formula is C9H15KO5S. The van der Waals surface area contributed by atoms with Crippen molar-refractivity contribution >= 4 is 10.1 Å². The summed E-state index contributed by atoms with van der Waals surface area (Å²) in [5.41, 5.74) is 0. The van der Waals surface area contributed by atoms with E-state index in [0.29, 0.717) is 19.4 Å². The third kappa shape index (κ3) is 3.27. The van der Waals surface area contributed by atoms with Gasteiger partial charge in [0.25, 0.3) is 0 Å². The Balaban J connectivity index is 0.00000128. The van der Waals surface area contributed by atoms with Crippen LogP contribution in [0, 0.1) is 0 Å². The number of hydrogen-bond donors (Lipinski definition) is 0. The van der Waals surface area contributed by atoms with E-state index in [-0.39, 0.29) is 63.9 Å². The van der Waals surface area contributed by atoms with E-state index < -0.39 is 20.7 Å². The molecule has 0 aromatic heterocycles. The van der Waals surface area contributed by atoms with Gasteiger partial charge in [0.1, 0.15) is 10.1 Å². The molecule has 0 N–H and O–H groups in total. The topological polar surface area (TPSA) is 75.7 Å². The van der Waals surface area contributed by atoms with Gasteiger partial charge in [-0.05, 0) is 33.1 Å². The molecule has 2 rings (SSSR count). The van der Waals surface area contributed by atoms with Crippen molar-refractivity contribution in [2.75, 3.05) is 6.61 Å². The molecule has 1 saturated heterocycles. The van der Waals surface area contributed by atoms with E-state index in [1.165, 1.54) is 0 Å². The predicted molar refractivity (Wildman–Crippen MR) is 51.2 cm³/mol. The molecule has 0 bridgehead atoms. The number of rotatable bonds is 3. The molecule has 0 aromatic rings. The number of hydrogen-bond acceptors (Lipinski definition) is 5. The van der Waals surface area contributed by atoms with Gasteiger partial charge >= 0.3 is 51.4 Å². The molecule has 0 aromatic carbocycles. The van der Waals surface area contributed by atoms with Crippen LogP contribution >= 0.6 is 0 Å². The zero-order chi connectivity index (χ0) is 11.3. The summed E-state index contributed by atoms with van der Waals surface area (Å²) >= 11 is 0. The SMILES string of the molecule is CC1(C)OC[C@H](CC2(S(=O)(=O)[O-])CC2)O1.[K+]. The van der Waals surface area contributed by atoms with Crippen molar-refractivity contribution in [3.05, 3.63) is 0 Å². The van der Waals surface area contributed by atoms with Crippen molar-refractivity contribution in [2.24, 2.45) is 0 Å². The summed E-state index contributed by atoms with van der Waals surface area (Å²) in [5.74, 6) is -0.659. The molecule has 0 unspecified atom stereocenters. The molecule has 1 saturated carbocycles. The molecule has 7 heteroatoms. The number of ether oxygens (including phenoxy) is 2. The second-order valence-electron chi connectivity index (χ2n) is 4.79. The van der Waals surface area contributed by atoms with Crippen LogP contribution in [-0.2, 0) is 19.6 Å². The Bertz CT molecular complexity index is 360. The Morgan fingerprint density at radius 1 is 1.38 bits per heavy atom. The van der Waals surface area contributed by atoms with E-state index in [4.69, 9.17) is 9.47 Å². The maximum Gasteiger partial charge on any atom is 1.00 e. The molecule has 2 aliphatic rings. The van der Waals surface area contributed by atoms with Crippen LogP contribution in [0.2, 0.25) is 0 Å². The molecule has 0 spiro atoms. The van der Waals surface area contributed by atoms with Crippen LogP contribution in [0.25, 0.3) is 0 Å². The van der Waals surface area contributed by atoms with E-state index in [2.05, 4.69) is 0 Å². The van der Waals surface area contributed by atoms with Crippen LogP contribution in [-0.4, -0.2) is 36.2 Å². The first-order valence-corrected chi connectivity index (χ1v) is 6.42. The Labute approximate surface area is 138 Å². The van der Waals surface area contributed by atoms with Crippen molar-refractivity contribution in [3.63, 3.8) is 0 Å². The van der Waals surface area contributed by atoms with Crippen LogP contribution in [0.4, 0.5) is 0 Å². The summed E-state index contributed by atoms with van der Waals surface area (Å²) < 4.78 is 42.8. The maximum atomic E-state index is 11.0. The standard InChI is InChI=1S/C9H16O5S.K/c1-8(2)13-6-7(14-8)5-9(3-4-9)15(10,11)12;/h7H,3-6H2,1-2H3,(H,10,11,12);/q;+1/p-1/t7-;/m0./s1. The molecule has 1 aliphatic carbocycles. The summed E-state index contributed by atoms with van der Waals surface area (Å²) in [6, 6.07) is 0. The monoisotopic (exact) mass is 274 g/mol. The smallest absolute Gasteiger partial charge is 0.748 e. The third-order valence-corrected chi connectivity index (χ3v) is 4.64. The Hall–Kier alpha value is 1.47. The minimum atomic E-state index is -4.20. The third-order valence-electron chi connectivity index (χ3n) is 3.00. The van der Waals surface area contributed by atoms with Gasteiger partial charge in [0.05, 0.1) is 17.5 Å². The average Bonchev–Trinajstić information content (AvgIpc) is 2.73. The Morgan fingerprint density at radius 3 is 2.25 bits per heavy atom. The first kappa shape index (κ1) is 15.5.